The number of aryl methyl sites for hydroxylation is 3. The Morgan fingerprint density at radius 3 is 2.10 bits per heavy atom. The normalized spacial score (nSPS) is 17.4. The highest BCUT2D eigenvalue weighted by molar-refractivity contribution is 5.96. The summed E-state index contributed by atoms with van der Waals surface area (Å²) in [6.45, 7) is 1.22. The van der Waals surface area contributed by atoms with Gasteiger partial charge in [-0.1, -0.05) is 24.3 Å². The van der Waals surface area contributed by atoms with Crippen molar-refractivity contribution in [3.05, 3.63) is 64.2 Å². The quantitative estimate of drug-likeness (QED) is 0.593. The van der Waals surface area contributed by atoms with Crippen molar-refractivity contribution in [2.45, 2.75) is 57.8 Å². The second kappa shape index (κ2) is 9.60. The molecule has 2 N–H and O–H groups in total. The van der Waals surface area contributed by atoms with Gasteiger partial charge in [0.1, 0.15) is 5.75 Å². The lowest BCUT2D eigenvalue weighted by Crippen LogP contribution is -1.98. The third-order valence-corrected chi connectivity index (χ3v) is 6.25. The molecule has 0 aliphatic heterocycles. The number of fused-ring (bicyclic) bond motifs is 2. The molecular weight excluding hydrogens is 360 g/mol. The minimum Gasteiger partial charge on any atom is -0.494 e. The third kappa shape index (κ3) is 4.57. The highest BCUT2D eigenvalue weighted by Crippen LogP contribution is 2.44. The van der Waals surface area contributed by atoms with E-state index in [9.17, 15) is 0 Å². The Kier molecular flexibility index (Phi) is 6.68. The molecule has 0 saturated carbocycles. The second-order valence-corrected chi connectivity index (χ2v) is 8.23. The van der Waals surface area contributed by atoms with E-state index in [2.05, 4.69) is 36.4 Å². The molecule has 0 amide bonds. The summed E-state index contributed by atoms with van der Waals surface area (Å²) in [7, 11) is 0. The Labute approximate surface area is 174 Å². The van der Waals surface area contributed by atoms with Crippen LogP contribution >= 0.6 is 0 Å². The zero-order valence-electron chi connectivity index (χ0n) is 17.3. The van der Waals surface area contributed by atoms with Gasteiger partial charge in [-0.15, -0.1) is 0 Å². The topological polar surface area (TPSA) is 49.7 Å². The first-order chi connectivity index (χ1) is 14.3. The van der Waals surface area contributed by atoms with Crippen molar-refractivity contribution >= 4 is 11.1 Å². The molecule has 3 nitrogen and oxygen atoms in total. The zero-order chi connectivity index (χ0) is 20.1. The van der Waals surface area contributed by atoms with Crippen LogP contribution < -0.4 is 4.74 Å². The first kappa shape index (κ1) is 20.2. The van der Waals surface area contributed by atoms with Crippen molar-refractivity contribution in [3.8, 4) is 5.75 Å². The molecule has 0 heterocycles. The van der Waals surface area contributed by atoms with Crippen LogP contribution in [0.4, 0.5) is 0 Å². The minimum atomic E-state index is 0.251. The van der Waals surface area contributed by atoms with Crippen LogP contribution in [0.15, 0.2) is 36.4 Å². The molecule has 0 unspecified atom stereocenters. The van der Waals surface area contributed by atoms with Crippen molar-refractivity contribution in [2.75, 3.05) is 19.8 Å². The van der Waals surface area contributed by atoms with E-state index >= 15 is 0 Å². The van der Waals surface area contributed by atoms with Gasteiger partial charge in [-0.05, 0) is 109 Å². The first-order valence-electron chi connectivity index (χ1n) is 11.1. The van der Waals surface area contributed by atoms with Gasteiger partial charge < -0.3 is 14.9 Å². The van der Waals surface area contributed by atoms with Crippen molar-refractivity contribution in [1.82, 2.24) is 0 Å². The summed E-state index contributed by atoms with van der Waals surface area (Å²) in [5.41, 5.74) is 10.1. The van der Waals surface area contributed by atoms with E-state index in [1.807, 2.05) is 0 Å². The van der Waals surface area contributed by atoms with E-state index in [-0.39, 0.29) is 13.2 Å². The molecule has 0 fully saturated rings. The largest absolute Gasteiger partial charge is 0.494 e. The van der Waals surface area contributed by atoms with Crippen LogP contribution in [0.5, 0.6) is 5.75 Å². The summed E-state index contributed by atoms with van der Waals surface area (Å²) >= 11 is 0. The van der Waals surface area contributed by atoms with Crippen LogP contribution in [0.3, 0.4) is 0 Å². The molecule has 0 saturated heterocycles. The van der Waals surface area contributed by atoms with Gasteiger partial charge in [-0.2, -0.15) is 0 Å². The fraction of sp³-hybridized carbons (Fsp3) is 0.462. The molecule has 0 spiro atoms. The Morgan fingerprint density at radius 1 is 0.690 bits per heavy atom. The minimum absolute atomic E-state index is 0.251. The number of hydrogen-bond acceptors (Lipinski definition) is 3. The van der Waals surface area contributed by atoms with Gasteiger partial charge >= 0.3 is 0 Å². The molecule has 2 aromatic rings. The van der Waals surface area contributed by atoms with Gasteiger partial charge in [0.15, 0.2) is 0 Å². The Morgan fingerprint density at radius 2 is 1.38 bits per heavy atom. The molecule has 2 aliphatic rings. The highest BCUT2D eigenvalue weighted by Gasteiger charge is 2.25. The maximum Gasteiger partial charge on any atom is 0.119 e. The Bertz CT molecular complexity index is 882. The van der Waals surface area contributed by atoms with E-state index in [0.717, 1.165) is 63.5 Å². The standard InChI is InChI=1S/C26H32O3/c27-14-2-1-3-16-29-22-11-8-21-10-13-24(26(21)18-22)23-12-9-20-7-6-19(5-4-15-28)17-25(20)23/h6-8,11,17-18,27-28H,1-5,9-10,12-16H2/b24-23-. The predicted molar refractivity (Wildman–Crippen MR) is 118 cm³/mol. The molecule has 0 radical (unpaired) electrons. The van der Waals surface area contributed by atoms with Crippen LogP contribution in [0.25, 0.3) is 11.1 Å². The SMILES string of the molecule is OCCCCCOc1ccc2c(c1)/C(=C1/CCc3ccc(CCCO)cc31)CC2. The summed E-state index contributed by atoms with van der Waals surface area (Å²) in [6.07, 6.45) is 9.09. The number of aliphatic hydroxyl groups is 2. The number of ether oxygens (including phenoxy) is 1. The number of benzene rings is 2. The van der Waals surface area contributed by atoms with E-state index in [0.29, 0.717) is 6.61 Å². The van der Waals surface area contributed by atoms with Crippen LogP contribution in [0.2, 0.25) is 0 Å². The molecule has 2 aliphatic carbocycles. The van der Waals surface area contributed by atoms with E-state index in [1.54, 1.807) is 0 Å². The van der Waals surface area contributed by atoms with Gasteiger partial charge in [-0.25, -0.2) is 0 Å². The summed E-state index contributed by atoms with van der Waals surface area (Å²) < 4.78 is 5.99. The molecule has 0 aromatic heterocycles. The average molecular weight is 393 g/mol. The molecule has 3 heteroatoms. The monoisotopic (exact) mass is 392 g/mol. The summed E-state index contributed by atoms with van der Waals surface area (Å²) in [4.78, 5) is 0. The fourth-order valence-electron chi connectivity index (χ4n) is 4.70. The lowest BCUT2D eigenvalue weighted by atomic mass is 9.95. The Balaban J connectivity index is 1.56. The molecular formula is C26H32O3. The second-order valence-electron chi connectivity index (χ2n) is 8.23. The van der Waals surface area contributed by atoms with Gasteiger partial charge in [0.25, 0.3) is 0 Å². The van der Waals surface area contributed by atoms with Gasteiger partial charge in [0.05, 0.1) is 6.61 Å². The predicted octanol–water partition coefficient (Wildman–Crippen LogP) is 4.96. The first-order valence-corrected chi connectivity index (χ1v) is 11.1. The number of allylic oxidation sites excluding steroid dienone is 2. The van der Waals surface area contributed by atoms with Crippen LogP contribution in [-0.4, -0.2) is 30.0 Å². The van der Waals surface area contributed by atoms with Crippen LogP contribution in [0, 0.1) is 0 Å². The van der Waals surface area contributed by atoms with Crippen molar-refractivity contribution in [1.29, 1.82) is 0 Å². The molecule has 2 aromatic carbocycles. The average Bonchev–Trinajstić information content (AvgIpc) is 3.35. The van der Waals surface area contributed by atoms with Crippen LogP contribution in [-0.2, 0) is 19.3 Å². The smallest absolute Gasteiger partial charge is 0.119 e. The van der Waals surface area contributed by atoms with E-state index < -0.39 is 0 Å². The van der Waals surface area contributed by atoms with Crippen LogP contribution in [0.1, 0.15) is 66.3 Å². The molecule has 0 bridgehead atoms. The van der Waals surface area contributed by atoms with Gasteiger partial charge in [0.2, 0.25) is 0 Å². The summed E-state index contributed by atoms with van der Waals surface area (Å²) in [5, 5.41) is 18.0. The molecule has 29 heavy (non-hydrogen) atoms. The number of aliphatic hydroxyl groups excluding tert-OH is 2. The van der Waals surface area contributed by atoms with Crippen molar-refractivity contribution in [2.24, 2.45) is 0 Å². The zero-order valence-corrected chi connectivity index (χ0v) is 17.3. The third-order valence-electron chi connectivity index (χ3n) is 6.25. The molecule has 4 rings (SSSR count). The molecule has 0 atom stereocenters. The number of hydrogen-bond donors (Lipinski definition) is 2. The number of rotatable bonds is 9. The van der Waals surface area contributed by atoms with Gasteiger partial charge in [-0.3, -0.25) is 0 Å². The van der Waals surface area contributed by atoms with Crippen molar-refractivity contribution in [3.63, 3.8) is 0 Å². The fourth-order valence-corrected chi connectivity index (χ4v) is 4.70. The van der Waals surface area contributed by atoms with E-state index in [1.165, 1.54) is 39.0 Å². The summed E-state index contributed by atoms with van der Waals surface area (Å²) in [6, 6.07) is 13.5. The lowest BCUT2D eigenvalue weighted by molar-refractivity contribution is 0.266. The highest BCUT2D eigenvalue weighted by atomic mass is 16.5. The van der Waals surface area contributed by atoms with E-state index in [4.69, 9.17) is 14.9 Å². The van der Waals surface area contributed by atoms with Gasteiger partial charge in [0, 0.05) is 13.2 Å². The number of unbranched alkanes of at least 4 members (excludes halogenated alkanes) is 2. The molecule has 154 valence electrons. The Hall–Kier alpha value is -2.10. The lowest BCUT2D eigenvalue weighted by Gasteiger charge is -2.12. The maximum atomic E-state index is 9.15. The summed E-state index contributed by atoms with van der Waals surface area (Å²) in [5.74, 6) is 0.961. The maximum absolute atomic E-state index is 9.15. The van der Waals surface area contributed by atoms with Crippen molar-refractivity contribution < 1.29 is 14.9 Å².